The number of hydrogen-bond donors (Lipinski definition) is 1. The first-order chi connectivity index (χ1) is 15.8. The molecule has 1 aliphatic heterocycles. The molecule has 0 aromatic heterocycles. The van der Waals surface area contributed by atoms with Crippen LogP contribution in [0.2, 0.25) is 0 Å². The van der Waals surface area contributed by atoms with Crippen molar-refractivity contribution in [2.75, 3.05) is 4.90 Å². The number of benzene rings is 3. The zero-order valence-corrected chi connectivity index (χ0v) is 18.1. The van der Waals surface area contributed by atoms with Gasteiger partial charge in [-0.1, -0.05) is 30.3 Å². The molecular formula is C26H21FN2O4. The van der Waals surface area contributed by atoms with Gasteiger partial charge in [0.2, 0.25) is 0 Å². The molecule has 33 heavy (non-hydrogen) atoms. The number of carbonyl (C=O) groups excluding carboxylic acids is 3. The zero-order chi connectivity index (χ0) is 23.5. The molecule has 1 fully saturated rings. The molecule has 1 aliphatic rings. The van der Waals surface area contributed by atoms with Crippen molar-refractivity contribution >= 4 is 29.6 Å². The number of nitrogens with one attached hydrogen (secondary N) is 1. The molecule has 0 aliphatic carbocycles. The van der Waals surface area contributed by atoms with Crippen molar-refractivity contribution in [2.24, 2.45) is 0 Å². The summed E-state index contributed by atoms with van der Waals surface area (Å²) < 4.78 is 19.1. The minimum atomic E-state index is -0.794. The number of barbiturate groups is 1. The molecule has 166 valence electrons. The van der Waals surface area contributed by atoms with E-state index in [0.717, 1.165) is 16.0 Å². The van der Waals surface area contributed by atoms with E-state index >= 15 is 0 Å². The molecule has 6 nitrogen and oxygen atoms in total. The minimum Gasteiger partial charge on any atom is -0.489 e. The van der Waals surface area contributed by atoms with Gasteiger partial charge in [-0.05, 0) is 78.6 Å². The predicted octanol–water partition coefficient (Wildman–Crippen LogP) is 4.69. The van der Waals surface area contributed by atoms with Crippen molar-refractivity contribution in [3.63, 3.8) is 0 Å². The largest absolute Gasteiger partial charge is 0.489 e. The first-order valence-corrected chi connectivity index (χ1v) is 10.3. The number of nitrogens with zero attached hydrogens (tertiary/aromatic N) is 1. The molecule has 3 aromatic carbocycles. The molecule has 1 N–H and O–H groups in total. The van der Waals surface area contributed by atoms with E-state index in [4.69, 9.17) is 4.74 Å². The smallest absolute Gasteiger partial charge is 0.335 e. The zero-order valence-electron chi connectivity index (χ0n) is 18.1. The van der Waals surface area contributed by atoms with E-state index < -0.39 is 17.8 Å². The van der Waals surface area contributed by atoms with Crippen molar-refractivity contribution in [1.82, 2.24) is 5.32 Å². The Morgan fingerprint density at radius 3 is 2.48 bits per heavy atom. The Bertz CT molecular complexity index is 1300. The van der Waals surface area contributed by atoms with E-state index in [0.29, 0.717) is 22.6 Å². The van der Waals surface area contributed by atoms with E-state index in [9.17, 15) is 18.8 Å². The van der Waals surface area contributed by atoms with Crippen LogP contribution in [-0.2, 0) is 16.2 Å². The number of rotatable bonds is 5. The number of urea groups is 1. The Hall–Kier alpha value is -4.26. The van der Waals surface area contributed by atoms with Crippen LogP contribution < -0.4 is 15.0 Å². The first-order valence-electron chi connectivity index (χ1n) is 10.3. The summed E-state index contributed by atoms with van der Waals surface area (Å²) in [6.07, 6.45) is 1.41. The fourth-order valence-electron chi connectivity index (χ4n) is 3.41. The second-order valence-electron chi connectivity index (χ2n) is 7.72. The van der Waals surface area contributed by atoms with Crippen LogP contribution in [0.4, 0.5) is 14.9 Å². The summed E-state index contributed by atoms with van der Waals surface area (Å²) >= 11 is 0. The summed E-state index contributed by atoms with van der Waals surface area (Å²) in [6.45, 7) is 3.96. The van der Waals surface area contributed by atoms with Crippen LogP contribution >= 0.6 is 0 Å². The SMILES string of the molecule is Cc1ccc(N2C(=O)NC(=O)/C(=C/c3cccc(OCc4cccc(F)c4)c3)C2=O)cc1C. The third-order valence-electron chi connectivity index (χ3n) is 5.31. The highest BCUT2D eigenvalue weighted by molar-refractivity contribution is 6.39. The van der Waals surface area contributed by atoms with E-state index in [2.05, 4.69) is 5.32 Å². The maximum Gasteiger partial charge on any atom is 0.335 e. The minimum absolute atomic E-state index is 0.159. The molecule has 0 bridgehead atoms. The van der Waals surface area contributed by atoms with Crippen molar-refractivity contribution in [2.45, 2.75) is 20.5 Å². The van der Waals surface area contributed by atoms with E-state index in [1.54, 1.807) is 48.5 Å². The molecule has 0 atom stereocenters. The van der Waals surface area contributed by atoms with Crippen molar-refractivity contribution < 1.29 is 23.5 Å². The summed E-state index contributed by atoms with van der Waals surface area (Å²) in [5.74, 6) is -1.34. The number of anilines is 1. The van der Waals surface area contributed by atoms with Crippen LogP contribution in [0.5, 0.6) is 5.75 Å². The van der Waals surface area contributed by atoms with Crippen molar-refractivity contribution in [3.8, 4) is 5.75 Å². The summed E-state index contributed by atoms with van der Waals surface area (Å²) in [7, 11) is 0. The molecule has 0 radical (unpaired) electrons. The fourth-order valence-corrected chi connectivity index (χ4v) is 3.41. The third-order valence-corrected chi connectivity index (χ3v) is 5.31. The van der Waals surface area contributed by atoms with Gasteiger partial charge in [0.05, 0.1) is 5.69 Å². The molecule has 4 rings (SSSR count). The van der Waals surface area contributed by atoms with Gasteiger partial charge in [-0.2, -0.15) is 0 Å². The number of halogens is 1. The summed E-state index contributed by atoms with van der Waals surface area (Å²) in [6, 6.07) is 17.3. The topological polar surface area (TPSA) is 75.7 Å². The molecule has 0 unspecified atom stereocenters. The standard InChI is InChI=1S/C26H21FN2O4/c1-16-9-10-21(11-17(16)2)29-25(31)23(24(30)28-26(29)32)14-18-5-4-8-22(13-18)33-15-19-6-3-7-20(27)12-19/h3-14H,15H2,1-2H3,(H,28,30,32)/b23-14-. The number of imide groups is 2. The number of amides is 4. The van der Waals surface area contributed by atoms with Gasteiger partial charge in [0.15, 0.2) is 0 Å². The number of carbonyl (C=O) groups is 3. The van der Waals surface area contributed by atoms with Gasteiger partial charge < -0.3 is 4.74 Å². The molecule has 7 heteroatoms. The lowest BCUT2D eigenvalue weighted by Gasteiger charge is -2.26. The Morgan fingerprint density at radius 1 is 0.939 bits per heavy atom. The average Bonchev–Trinajstić information content (AvgIpc) is 2.78. The highest BCUT2D eigenvalue weighted by Crippen LogP contribution is 2.25. The number of ether oxygens (including phenoxy) is 1. The molecule has 3 aromatic rings. The van der Waals surface area contributed by atoms with Crippen LogP contribution in [0.25, 0.3) is 6.08 Å². The van der Waals surface area contributed by atoms with E-state index in [-0.39, 0.29) is 18.0 Å². The number of aryl methyl sites for hydroxylation is 2. The lowest BCUT2D eigenvalue weighted by molar-refractivity contribution is -0.122. The monoisotopic (exact) mass is 444 g/mol. The molecule has 1 heterocycles. The van der Waals surface area contributed by atoms with Crippen LogP contribution in [0.3, 0.4) is 0 Å². The third kappa shape index (κ3) is 4.82. The van der Waals surface area contributed by atoms with Gasteiger partial charge in [0.25, 0.3) is 11.8 Å². The van der Waals surface area contributed by atoms with Crippen LogP contribution in [0, 0.1) is 19.7 Å². The normalized spacial score (nSPS) is 15.1. The molecule has 1 saturated heterocycles. The van der Waals surface area contributed by atoms with Gasteiger partial charge in [0.1, 0.15) is 23.7 Å². The summed E-state index contributed by atoms with van der Waals surface area (Å²) in [5.41, 5.74) is 3.35. The predicted molar refractivity (Wildman–Crippen MR) is 122 cm³/mol. The second kappa shape index (κ2) is 9.08. The quantitative estimate of drug-likeness (QED) is 0.458. The molecule has 4 amide bonds. The Morgan fingerprint density at radius 2 is 1.73 bits per heavy atom. The Balaban J connectivity index is 1.58. The lowest BCUT2D eigenvalue weighted by Crippen LogP contribution is -2.54. The number of hydrogen-bond acceptors (Lipinski definition) is 4. The van der Waals surface area contributed by atoms with Crippen molar-refractivity contribution in [1.29, 1.82) is 0 Å². The van der Waals surface area contributed by atoms with Crippen molar-refractivity contribution in [3.05, 3.63) is 100 Å². The van der Waals surface area contributed by atoms with Crippen LogP contribution in [-0.4, -0.2) is 17.8 Å². The highest BCUT2D eigenvalue weighted by Gasteiger charge is 2.36. The van der Waals surface area contributed by atoms with Gasteiger partial charge in [0, 0.05) is 0 Å². The average molecular weight is 444 g/mol. The fraction of sp³-hybridized carbons (Fsp3) is 0.115. The highest BCUT2D eigenvalue weighted by atomic mass is 19.1. The van der Waals surface area contributed by atoms with Gasteiger partial charge in [-0.25, -0.2) is 14.1 Å². The second-order valence-corrected chi connectivity index (χ2v) is 7.72. The van der Waals surface area contributed by atoms with E-state index in [1.807, 2.05) is 19.9 Å². The Labute approximate surface area is 190 Å². The van der Waals surface area contributed by atoms with Gasteiger partial charge >= 0.3 is 6.03 Å². The first kappa shape index (κ1) is 22.0. The maximum absolute atomic E-state index is 13.4. The van der Waals surface area contributed by atoms with Gasteiger partial charge in [-0.3, -0.25) is 14.9 Å². The Kier molecular flexibility index (Phi) is 6.04. The summed E-state index contributed by atoms with van der Waals surface area (Å²) in [4.78, 5) is 38.9. The molecular weight excluding hydrogens is 423 g/mol. The van der Waals surface area contributed by atoms with Crippen LogP contribution in [0.1, 0.15) is 22.3 Å². The van der Waals surface area contributed by atoms with E-state index in [1.165, 1.54) is 18.2 Å². The molecule has 0 spiro atoms. The van der Waals surface area contributed by atoms with Crippen LogP contribution in [0.15, 0.2) is 72.3 Å². The maximum atomic E-state index is 13.4. The lowest BCUT2D eigenvalue weighted by atomic mass is 10.0. The molecule has 0 saturated carbocycles. The summed E-state index contributed by atoms with van der Waals surface area (Å²) in [5, 5.41) is 2.22. The van der Waals surface area contributed by atoms with Gasteiger partial charge in [-0.15, -0.1) is 0 Å².